The zero-order valence-corrected chi connectivity index (χ0v) is 16.7. The fourth-order valence-electron chi connectivity index (χ4n) is 2.48. The van der Waals surface area contributed by atoms with Gasteiger partial charge in [0.05, 0.1) is 36.7 Å². The average Bonchev–Trinajstić information content (AvgIpc) is 3.34. The van der Waals surface area contributed by atoms with Crippen LogP contribution >= 0.6 is 11.3 Å². The first-order valence-corrected chi connectivity index (χ1v) is 11.0. The number of nitrogens with one attached hydrogen (secondary N) is 1. The van der Waals surface area contributed by atoms with E-state index in [9.17, 15) is 17.6 Å². The van der Waals surface area contributed by atoms with E-state index in [4.69, 9.17) is 14.7 Å². The highest BCUT2D eigenvalue weighted by atomic mass is 32.2. The van der Waals surface area contributed by atoms with Gasteiger partial charge in [0, 0.05) is 12.0 Å². The monoisotopic (exact) mass is 443 g/mol. The van der Waals surface area contributed by atoms with Crippen LogP contribution in [0.5, 0.6) is 0 Å². The van der Waals surface area contributed by atoms with Crippen molar-refractivity contribution in [1.82, 2.24) is 4.98 Å². The molecule has 29 heavy (non-hydrogen) atoms. The van der Waals surface area contributed by atoms with Gasteiger partial charge in [0.2, 0.25) is 0 Å². The molecule has 1 atom stereocenters. The maximum Gasteiger partial charge on any atom is 0.280 e. The maximum absolute atomic E-state index is 13.1. The number of hydrogen-bond acceptors (Lipinski definition) is 9. The van der Waals surface area contributed by atoms with Crippen LogP contribution in [0.1, 0.15) is 12.0 Å². The third-order valence-corrected chi connectivity index (χ3v) is 6.35. The zero-order chi connectivity index (χ0) is 20.9. The summed E-state index contributed by atoms with van der Waals surface area (Å²) in [5.41, 5.74) is 0.167. The van der Waals surface area contributed by atoms with Gasteiger partial charge in [-0.15, -0.1) is 0 Å². The summed E-state index contributed by atoms with van der Waals surface area (Å²) < 4.78 is 42.4. The quantitative estimate of drug-likeness (QED) is 0.463. The van der Waals surface area contributed by atoms with Gasteiger partial charge in [-0.2, -0.15) is 4.39 Å². The van der Waals surface area contributed by atoms with Gasteiger partial charge in [-0.3, -0.25) is 10.1 Å². The molecule has 2 heterocycles. The predicted octanol–water partition coefficient (Wildman–Crippen LogP) is 1.20. The lowest BCUT2D eigenvalue weighted by atomic mass is 10.1. The van der Waals surface area contributed by atoms with Gasteiger partial charge in [0.25, 0.3) is 5.91 Å². The van der Waals surface area contributed by atoms with Crippen molar-refractivity contribution in [2.45, 2.75) is 17.4 Å². The van der Waals surface area contributed by atoms with Crippen LogP contribution < -0.4 is 5.32 Å². The molecule has 12 heteroatoms. The number of carbonyl (C=O) groups is 1. The second kappa shape index (κ2) is 9.39. The molecule has 0 saturated carbocycles. The van der Waals surface area contributed by atoms with Gasteiger partial charge < -0.3 is 14.7 Å². The molecule has 1 aromatic heterocycles. The molecule has 1 aliphatic heterocycles. The minimum atomic E-state index is -3.63. The van der Waals surface area contributed by atoms with Crippen LogP contribution in [0.15, 0.2) is 40.5 Å². The number of benzene rings is 1. The molecule has 1 aliphatic rings. The zero-order valence-electron chi connectivity index (χ0n) is 15.1. The number of aliphatic hydroxyl groups is 1. The van der Waals surface area contributed by atoms with Crippen LogP contribution in [0.4, 0.5) is 9.52 Å². The maximum atomic E-state index is 13.1. The van der Waals surface area contributed by atoms with Gasteiger partial charge in [0.15, 0.2) is 31.9 Å². The van der Waals surface area contributed by atoms with Gasteiger partial charge in [0.1, 0.15) is 0 Å². The van der Waals surface area contributed by atoms with E-state index in [1.54, 1.807) is 0 Å². The molecule has 3 rings (SSSR count). The van der Waals surface area contributed by atoms with Crippen LogP contribution in [0.2, 0.25) is 0 Å². The largest absolute Gasteiger partial charge is 0.395 e. The number of thiazole rings is 1. The molecule has 0 spiro atoms. The number of aliphatic hydroxyl groups excluding tert-OH is 1. The molecule has 1 saturated heterocycles. The molecular weight excluding hydrogens is 425 g/mol. The first kappa shape index (κ1) is 21.3. The highest BCUT2D eigenvalue weighted by Crippen LogP contribution is 2.18. The molecular formula is C17H18FN3O6S2. The second-order valence-corrected chi connectivity index (χ2v) is 9.11. The lowest BCUT2D eigenvalue weighted by Gasteiger charge is -2.10. The second-order valence-electron chi connectivity index (χ2n) is 6.02. The van der Waals surface area contributed by atoms with Gasteiger partial charge in [-0.1, -0.05) is 28.6 Å². The minimum absolute atomic E-state index is 0.00200. The molecule has 0 radical (unpaired) electrons. The van der Waals surface area contributed by atoms with Crippen LogP contribution in [0.25, 0.3) is 0 Å². The Morgan fingerprint density at radius 3 is 2.76 bits per heavy atom. The lowest BCUT2D eigenvalue weighted by molar-refractivity contribution is -0.110. The Kier molecular flexibility index (Phi) is 6.90. The number of anilines is 1. The summed E-state index contributed by atoms with van der Waals surface area (Å²) in [5, 5.41) is 14.7. The number of carbonyl (C=O) groups excluding carboxylic acids is 1. The standard InChI is InChI=1S/C17H18FN3O6S2/c18-14-9-19-17(28-14)20-16(23)15(21-27-12-5-7-26-10-12)11-1-3-13(4-2-11)29(24,25)8-6-22/h1-4,9,12,22H,5-8,10H2,(H,19,20,23)/b21-15+/t12-/m1/s1. The number of oxime groups is 1. The van der Waals surface area contributed by atoms with Crippen LogP contribution in [-0.2, 0) is 24.2 Å². The third kappa shape index (κ3) is 5.56. The van der Waals surface area contributed by atoms with E-state index in [0.29, 0.717) is 36.5 Å². The van der Waals surface area contributed by atoms with E-state index in [0.717, 1.165) is 6.20 Å². The Labute approximate surface area is 170 Å². The number of nitrogens with zero attached hydrogens (tertiary/aromatic N) is 2. The number of amides is 1. The van der Waals surface area contributed by atoms with E-state index >= 15 is 0 Å². The SMILES string of the molecule is O=C(Nc1ncc(F)s1)/C(=N/O[C@@H]1CCOC1)c1ccc(S(=O)(=O)CCO)cc1. The van der Waals surface area contributed by atoms with Crippen molar-refractivity contribution in [2.75, 3.05) is 30.9 Å². The summed E-state index contributed by atoms with van der Waals surface area (Å²) in [6, 6.07) is 5.43. The molecule has 2 aromatic rings. The summed E-state index contributed by atoms with van der Waals surface area (Å²) in [5.74, 6) is -1.10. The summed E-state index contributed by atoms with van der Waals surface area (Å²) in [6.45, 7) is 0.368. The van der Waals surface area contributed by atoms with E-state index in [1.165, 1.54) is 24.3 Å². The normalized spacial score (nSPS) is 17.3. The summed E-state index contributed by atoms with van der Waals surface area (Å²) in [7, 11) is -3.63. The highest BCUT2D eigenvalue weighted by molar-refractivity contribution is 7.91. The minimum Gasteiger partial charge on any atom is -0.395 e. The van der Waals surface area contributed by atoms with Crippen molar-refractivity contribution in [3.63, 3.8) is 0 Å². The fraction of sp³-hybridized carbons (Fsp3) is 0.353. The molecule has 9 nitrogen and oxygen atoms in total. The van der Waals surface area contributed by atoms with Gasteiger partial charge in [-0.25, -0.2) is 13.4 Å². The molecule has 1 amide bonds. The average molecular weight is 443 g/mol. The third-order valence-electron chi connectivity index (χ3n) is 3.94. The van der Waals surface area contributed by atoms with E-state index in [2.05, 4.69) is 15.5 Å². The molecule has 2 N–H and O–H groups in total. The van der Waals surface area contributed by atoms with E-state index in [-0.39, 0.29) is 21.8 Å². The summed E-state index contributed by atoms with van der Waals surface area (Å²) in [4.78, 5) is 21.8. The number of rotatable bonds is 8. The van der Waals surface area contributed by atoms with Gasteiger partial charge >= 0.3 is 0 Å². The number of aromatic nitrogens is 1. The van der Waals surface area contributed by atoms with Crippen molar-refractivity contribution >= 4 is 37.9 Å². The Bertz CT molecular complexity index is 985. The Morgan fingerprint density at radius 1 is 1.41 bits per heavy atom. The lowest BCUT2D eigenvalue weighted by Crippen LogP contribution is -2.25. The number of ether oxygens (including phenoxy) is 1. The highest BCUT2D eigenvalue weighted by Gasteiger charge is 2.22. The first-order valence-electron chi connectivity index (χ1n) is 8.57. The number of hydrogen-bond donors (Lipinski definition) is 2. The van der Waals surface area contributed by atoms with Crippen LogP contribution in [0.3, 0.4) is 0 Å². The summed E-state index contributed by atoms with van der Waals surface area (Å²) >= 11 is 0.655. The Hall–Kier alpha value is -2.41. The van der Waals surface area contributed by atoms with E-state index in [1.807, 2.05) is 0 Å². The van der Waals surface area contributed by atoms with Crippen LogP contribution in [0, 0.1) is 5.13 Å². The van der Waals surface area contributed by atoms with Gasteiger partial charge in [-0.05, 0) is 12.1 Å². The fourth-order valence-corrected chi connectivity index (χ4v) is 4.04. The van der Waals surface area contributed by atoms with Crippen molar-refractivity contribution in [1.29, 1.82) is 0 Å². The van der Waals surface area contributed by atoms with Crippen molar-refractivity contribution in [2.24, 2.45) is 5.16 Å². The van der Waals surface area contributed by atoms with Crippen molar-refractivity contribution in [3.05, 3.63) is 41.2 Å². The molecule has 1 aromatic carbocycles. The smallest absolute Gasteiger partial charge is 0.280 e. The molecule has 0 bridgehead atoms. The molecule has 1 fully saturated rings. The Balaban J connectivity index is 1.85. The molecule has 0 unspecified atom stereocenters. The molecule has 0 aliphatic carbocycles. The van der Waals surface area contributed by atoms with Crippen molar-refractivity contribution in [3.8, 4) is 0 Å². The van der Waals surface area contributed by atoms with E-state index < -0.39 is 33.2 Å². The molecule has 156 valence electrons. The number of halogens is 1. The van der Waals surface area contributed by atoms with Crippen LogP contribution in [-0.4, -0.2) is 61.8 Å². The summed E-state index contributed by atoms with van der Waals surface area (Å²) in [6.07, 6.45) is 1.29. The van der Waals surface area contributed by atoms with Crippen molar-refractivity contribution < 1.29 is 32.3 Å². The topological polar surface area (TPSA) is 127 Å². The first-order chi connectivity index (χ1) is 13.9. The predicted molar refractivity (Wildman–Crippen MR) is 103 cm³/mol. The number of sulfone groups is 1. The Morgan fingerprint density at radius 2 is 2.17 bits per heavy atom.